The third kappa shape index (κ3) is 1.71. The van der Waals surface area contributed by atoms with Gasteiger partial charge in [0.1, 0.15) is 6.10 Å². The van der Waals surface area contributed by atoms with E-state index in [0.29, 0.717) is 12.0 Å². The van der Waals surface area contributed by atoms with Crippen molar-refractivity contribution >= 4 is 11.4 Å². The van der Waals surface area contributed by atoms with E-state index in [1.165, 1.54) is 13.2 Å². The van der Waals surface area contributed by atoms with Gasteiger partial charge in [-0.3, -0.25) is 20.2 Å². The molecule has 96 valence electrons. The van der Waals surface area contributed by atoms with E-state index in [2.05, 4.69) is 0 Å². The molecule has 0 aliphatic carbocycles. The third-order valence-corrected chi connectivity index (χ3v) is 2.68. The van der Waals surface area contributed by atoms with Crippen LogP contribution in [0.3, 0.4) is 0 Å². The first-order valence-electron chi connectivity index (χ1n) is 5.15. The van der Waals surface area contributed by atoms with Gasteiger partial charge in [-0.15, -0.1) is 0 Å². The number of methoxy groups -OCH3 is 1. The molecule has 2 rings (SSSR count). The van der Waals surface area contributed by atoms with Crippen molar-refractivity contribution in [3.8, 4) is 11.5 Å². The minimum Gasteiger partial charge on any atom is -0.490 e. The molecule has 8 heteroatoms. The normalized spacial score (nSPS) is 16.9. The van der Waals surface area contributed by atoms with Gasteiger partial charge in [-0.25, -0.2) is 0 Å². The standard InChI is InChI=1S/C10H10N2O6/c1-5-3-6-4-7(17-2)8(11(13)14)9(12(15)16)10(6)18-5/h4-5H,3H2,1-2H3/t5-/m0/s1. The number of nitro benzene ring substituents is 2. The van der Waals surface area contributed by atoms with E-state index in [9.17, 15) is 20.2 Å². The van der Waals surface area contributed by atoms with Crippen LogP contribution in [-0.4, -0.2) is 23.1 Å². The summed E-state index contributed by atoms with van der Waals surface area (Å²) in [5.41, 5.74) is -0.759. The fourth-order valence-electron chi connectivity index (χ4n) is 2.01. The quantitative estimate of drug-likeness (QED) is 0.601. The fourth-order valence-corrected chi connectivity index (χ4v) is 2.01. The van der Waals surface area contributed by atoms with Crippen molar-refractivity contribution in [3.63, 3.8) is 0 Å². The van der Waals surface area contributed by atoms with Crippen LogP contribution in [0.1, 0.15) is 12.5 Å². The van der Waals surface area contributed by atoms with E-state index >= 15 is 0 Å². The Labute approximate surface area is 101 Å². The molecule has 1 aromatic carbocycles. The minimum absolute atomic E-state index is 0.0278. The molecule has 1 aromatic rings. The number of ether oxygens (including phenoxy) is 2. The van der Waals surface area contributed by atoms with Crippen molar-refractivity contribution < 1.29 is 19.3 Å². The number of nitro groups is 2. The molecular formula is C10H10N2O6. The topological polar surface area (TPSA) is 105 Å². The summed E-state index contributed by atoms with van der Waals surface area (Å²) in [6.07, 6.45) is 0.218. The summed E-state index contributed by atoms with van der Waals surface area (Å²) in [5, 5.41) is 22.0. The maximum absolute atomic E-state index is 11.0. The summed E-state index contributed by atoms with van der Waals surface area (Å²) in [6.45, 7) is 1.74. The van der Waals surface area contributed by atoms with Crippen molar-refractivity contribution in [3.05, 3.63) is 31.9 Å². The zero-order valence-electron chi connectivity index (χ0n) is 9.71. The molecule has 1 heterocycles. The molecule has 0 radical (unpaired) electrons. The second kappa shape index (κ2) is 4.13. The van der Waals surface area contributed by atoms with Gasteiger partial charge in [0.15, 0.2) is 0 Å². The predicted octanol–water partition coefficient (Wildman–Crippen LogP) is 1.84. The van der Waals surface area contributed by atoms with Crippen LogP contribution >= 0.6 is 0 Å². The van der Waals surface area contributed by atoms with Gasteiger partial charge in [0.25, 0.3) is 0 Å². The Morgan fingerprint density at radius 2 is 1.94 bits per heavy atom. The Morgan fingerprint density at radius 1 is 1.33 bits per heavy atom. The summed E-state index contributed by atoms with van der Waals surface area (Å²) in [5.74, 6) is -0.150. The zero-order chi connectivity index (χ0) is 13.4. The van der Waals surface area contributed by atoms with E-state index in [1.807, 2.05) is 0 Å². The molecule has 0 unspecified atom stereocenters. The number of benzene rings is 1. The predicted molar refractivity (Wildman–Crippen MR) is 60.1 cm³/mol. The summed E-state index contributed by atoms with van der Waals surface area (Å²) in [4.78, 5) is 20.3. The Bertz CT molecular complexity index is 542. The first kappa shape index (κ1) is 12.1. The summed E-state index contributed by atoms with van der Waals surface area (Å²) >= 11 is 0. The van der Waals surface area contributed by atoms with Gasteiger partial charge in [0.2, 0.25) is 11.5 Å². The minimum atomic E-state index is -0.830. The molecule has 0 saturated carbocycles. The Morgan fingerprint density at radius 3 is 2.44 bits per heavy atom. The molecule has 0 N–H and O–H groups in total. The maximum atomic E-state index is 11.0. The molecule has 1 atom stereocenters. The van der Waals surface area contributed by atoms with Crippen molar-refractivity contribution in [1.82, 2.24) is 0 Å². The second-order valence-corrected chi connectivity index (χ2v) is 3.91. The van der Waals surface area contributed by atoms with Gasteiger partial charge in [0, 0.05) is 12.0 Å². The molecule has 8 nitrogen and oxygen atoms in total. The summed E-state index contributed by atoms with van der Waals surface area (Å²) in [6, 6.07) is 1.42. The Kier molecular flexibility index (Phi) is 2.77. The van der Waals surface area contributed by atoms with Gasteiger partial charge in [0.05, 0.1) is 17.0 Å². The number of fused-ring (bicyclic) bond motifs is 1. The lowest BCUT2D eigenvalue weighted by Gasteiger charge is -2.06. The van der Waals surface area contributed by atoms with Gasteiger partial charge >= 0.3 is 11.4 Å². The van der Waals surface area contributed by atoms with Crippen molar-refractivity contribution in [2.45, 2.75) is 19.4 Å². The van der Waals surface area contributed by atoms with Crippen LogP contribution in [0, 0.1) is 20.2 Å². The first-order chi connectivity index (χ1) is 8.45. The second-order valence-electron chi connectivity index (χ2n) is 3.91. The largest absolute Gasteiger partial charge is 0.490 e. The van der Waals surface area contributed by atoms with Crippen LogP contribution in [0.4, 0.5) is 11.4 Å². The number of rotatable bonds is 3. The molecule has 0 aromatic heterocycles. The first-order valence-corrected chi connectivity index (χ1v) is 5.15. The lowest BCUT2D eigenvalue weighted by Crippen LogP contribution is -2.06. The highest BCUT2D eigenvalue weighted by Crippen LogP contribution is 2.48. The highest BCUT2D eigenvalue weighted by atomic mass is 16.6. The zero-order valence-corrected chi connectivity index (χ0v) is 9.71. The number of hydrogen-bond donors (Lipinski definition) is 0. The van der Waals surface area contributed by atoms with E-state index in [0.717, 1.165) is 0 Å². The maximum Gasteiger partial charge on any atom is 0.391 e. The van der Waals surface area contributed by atoms with Crippen molar-refractivity contribution in [2.75, 3.05) is 7.11 Å². The number of hydrogen-bond acceptors (Lipinski definition) is 6. The van der Waals surface area contributed by atoms with Crippen LogP contribution in [0.15, 0.2) is 6.07 Å². The van der Waals surface area contributed by atoms with E-state index in [4.69, 9.17) is 9.47 Å². The van der Waals surface area contributed by atoms with Gasteiger partial charge in [-0.2, -0.15) is 0 Å². The molecule has 0 fully saturated rings. The molecule has 0 bridgehead atoms. The average molecular weight is 254 g/mol. The number of nitrogens with zero attached hydrogens (tertiary/aromatic N) is 2. The van der Waals surface area contributed by atoms with Crippen LogP contribution in [-0.2, 0) is 6.42 Å². The lowest BCUT2D eigenvalue weighted by molar-refractivity contribution is -0.423. The highest BCUT2D eigenvalue weighted by Gasteiger charge is 2.40. The van der Waals surface area contributed by atoms with Crippen LogP contribution in [0.5, 0.6) is 11.5 Å². The van der Waals surface area contributed by atoms with Crippen LogP contribution in [0.25, 0.3) is 0 Å². The Hall–Kier alpha value is -2.38. The van der Waals surface area contributed by atoms with E-state index < -0.39 is 21.2 Å². The molecule has 1 aliphatic heterocycles. The average Bonchev–Trinajstić information content (AvgIpc) is 2.65. The third-order valence-electron chi connectivity index (χ3n) is 2.68. The van der Waals surface area contributed by atoms with Gasteiger partial charge < -0.3 is 9.47 Å². The molecule has 18 heavy (non-hydrogen) atoms. The smallest absolute Gasteiger partial charge is 0.391 e. The van der Waals surface area contributed by atoms with Crippen molar-refractivity contribution in [1.29, 1.82) is 0 Å². The van der Waals surface area contributed by atoms with Crippen LogP contribution < -0.4 is 9.47 Å². The van der Waals surface area contributed by atoms with Crippen LogP contribution in [0.2, 0.25) is 0 Å². The molecular weight excluding hydrogens is 244 g/mol. The van der Waals surface area contributed by atoms with Gasteiger partial charge in [-0.1, -0.05) is 0 Å². The molecule has 0 amide bonds. The Balaban J connectivity index is 2.77. The lowest BCUT2D eigenvalue weighted by atomic mass is 10.1. The fraction of sp³-hybridized carbons (Fsp3) is 0.400. The van der Waals surface area contributed by atoms with Gasteiger partial charge in [-0.05, 0) is 13.0 Å². The molecule has 0 saturated heterocycles. The molecule has 0 spiro atoms. The summed E-state index contributed by atoms with van der Waals surface area (Å²) in [7, 11) is 1.23. The van der Waals surface area contributed by atoms with E-state index in [-0.39, 0.29) is 17.6 Å². The molecule has 1 aliphatic rings. The summed E-state index contributed by atoms with van der Waals surface area (Å²) < 4.78 is 10.1. The van der Waals surface area contributed by atoms with E-state index in [1.54, 1.807) is 6.92 Å². The van der Waals surface area contributed by atoms with Crippen molar-refractivity contribution in [2.24, 2.45) is 0 Å². The SMILES string of the molecule is COc1cc2c(c([N+](=O)[O-])c1[N+](=O)[O-])O[C@@H](C)C2. The monoisotopic (exact) mass is 254 g/mol. The highest BCUT2D eigenvalue weighted by molar-refractivity contribution is 5.72.